The third-order valence-corrected chi connectivity index (χ3v) is 13.0. The lowest BCUT2D eigenvalue weighted by Crippen LogP contribution is -2.07. The number of nitrogens with zero attached hydrogens (tertiary/aromatic N) is 5. The molecule has 0 atom stereocenters. The first-order chi connectivity index (χ1) is 32.7. The molecule has 0 aliphatic heterocycles. The largest absolute Gasteiger partial charge is 0.307 e. The number of rotatable bonds is 7. The van der Waals surface area contributed by atoms with Gasteiger partial charge in [-0.15, -0.1) is 0 Å². The first kappa shape index (κ1) is 37.6. The van der Waals surface area contributed by atoms with Crippen LogP contribution in [0, 0.1) is 0 Å². The highest BCUT2D eigenvalue weighted by Gasteiger charge is 2.25. The quantitative estimate of drug-likeness (QED) is 0.161. The van der Waals surface area contributed by atoms with Crippen molar-refractivity contribution in [3.63, 3.8) is 0 Å². The predicted octanol–water partition coefficient (Wildman–Crippen LogP) is 15.6. The van der Waals surface area contributed by atoms with E-state index in [1.165, 1.54) is 16.2 Å². The van der Waals surface area contributed by atoms with Gasteiger partial charge < -0.3 is 4.57 Å². The maximum atomic E-state index is 5.42. The zero-order valence-corrected chi connectivity index (χ0v) is 35.8. The number of benzene rings is 10. The van der Waals surface area contributed by atoms with Crippen LogP contribution in [0.2, 0.25) is 0 Å². The first-order valence-corrected chi connectivity index (χ1v) is 22.4. The molecule has 0 saturated heterocycles. The molecule has 0 N–H and O–H groups in total. The van der Waals surface area contributed by atoms with E-state index >= 15 is 0 Å². The van der Waals surface area contributed by atoms with E-state index in [9.17, 15) is 0 Å². The Hall–Kier alpha value is -8.93. The summed E-state index contributed by atoms with van der Waals surface area (Å²) in [7, 11) is 0. The van der Waals surface area contributed by atoms with Crippen LogP contribution < -0.4 is 0 Å². The van der Waals surface area contributed by atoms with Gasteiger partial charge >= 0.3 is 0 Å². The summed E-state index contributed by atoms with van der Waals surface area (Å²) in [5, 5.41) is 6.96. The Morgan fingerprint density at radius 3 is 1.38 bits per heavy atom. The second-order valence-corrected chi connectivity index (χ2v) is 16.8. The van der Waals surface area contributed by atoms with Gasteiger partial charge in [-0.25, -0.2) is 4.98 Å². The molecule has 0 bridgehead atoms. The Morgan fingerprint density at radius 2 is 0.727 bits per heavy atom. The lowest BCUT2D eigenvalue weighted by atomic mass is 9.96. The number of hydrogen-bond acceptors (Lipinski definition) is 3. The topological polar surface area (TPSA) is 48.5 Å². The van der Waals surface area contributed by atoms with Crippen molar-refractivity contribution in [2.75, 3.05) is 0 Å². The van der Waals surface area contributed by atoms with Crippen LogP contribution in [0.5, 0.6) is 0 Å². The van der Waals surface area contributed by atoms with Crippen molar-refractivity contribution < 1.29 is 0 Å². The Bertz CT molecular complexity index is 3960. The van der Waals surface area contributed by atoms with E-state index in [1.807, 2.05) is 24.3 Å². The minimum atomic E-state index is 0.550. The highest BCUT2D eigenvalue weighted by Crippen LogP contribution is 2.44. The van der Waals surface area contributed by atoms with Crippen molar-refractivity contribution in [2.45, 2.75) is 0 Å². The number of fused-ring (bicyclic) bond motifs is 8. The van der Waals surface area contributed by atoms with Gasteiger partial charge in [0.2, 0.25) is 5.95 Å². The number of aromatic nitrogens is 5. The van der Waals surface area contributed by atoms with Crippen LogP contribution in [-0.4, -0.2) is 24.1 Å². The third-order valence-electron chi connectivity index (χ3n) is 13.0. The summed E-state index contributed by atoms with van der Waals surface area (Å²) in [6.07, 6.45) is 0. The van der Waals surface area contributed by atoms with Crippen molar-refractivity contribution >= 4 is 54.4 Å². The Morgan fingerprint density at radius 1 is 0.273 bits per heavy atom. The molecule has 0 saturated carbocycles. The molecule has 3 heterocycles. The molecule has 0 aliphatic rings. The van der Waals surface area contributed by atoms with Gasteiger partial charge in [-0.2, -0.15) is 9.97 Å². The fourth-order valence-electron chi connectivity index (χ4n) is 9.84. The molecule has 0 fully saturated rings. The van der Waals surface area contributed by atoms with Crippen LogP contribution in [0.4, 0.5) is 0 Å². The summed E-state index contributed by atoms with van der Waals surface area (Å²) < 4.78 is 4.76. The molecule has 0 radical (unpaired) electrons. The lowest BCUT2D eigenvalue weighted by Gasteiger charge is -2.18. The first-order valence-electron chi connectivity index (χ1n) is 22.4. The van der Waals surface area contributed by atoms with Gasteiger partial charge in [0.1, 0.15) is 0 Å². The molecule has 13 rings (SSSR count). The molecule has 5 nitrogen and oxygen atoms in total. The normalized spacial score (nSPS) is 11.6. The van der Waals surface area contributed by atoms with E-state index in [0.717, 1.165) is 88.4 Å². The Balaban J connectivity index is 1.14. The Labute approximate surface area is 381 Å². The fourth-order valence-corrected chi connectivity index (χ4v) is 9.84. The molecule has 308 valence electrons. The third kappa shape index (κ3) is 6.21. The van der Waals surface area contributed by atoms with Gasteiger partial charge in [-0.3, -0.25) is 4.57 Å². The molecule has 13 aromatic rings. The number of hydrogen-bond donors (Lipinski definition) is 0. The summed E-state index contributed by atoms with van der Waals surface area (Å²) in [6, 6.07) is 84.2. The van der Waals surface area contributed by atoms with Crippen LogP contribution in [-0.2, 0) is 0 Å². The zero-order valence-electron chi connectivity index (χ0n) is 35.8. The summed E-state index contributed by atoms with van der Waals surface area (Å²) in [5.74, 6) is 1.76. The van der Waals surface area contributed by atoms with E-state index in [2.05, 4.69) is 221 Å². The van der Waals surface area contributed by atoms with Crippen LogP contribution in [0.1, 0.15) is 0 Å². The smallest absolute Gasteiger partial charge is 0.238 e. The maximum Gasteiger partial charge on any atom is 0.238 e. The van der Waals surface area contributed by atoms with Crippen LogP contribution in [0.15, 0.2) is 237 Å². The van der Waals surface area contributed by atoms with E-state index in [0.29, 0.717) is 17.6 Å². The van der Waals surface area contributed by atoms with Gasteiger partial charge in [0.05, 0.1) is 27.8 Å². The molecule has 0 aliphatic carbocycles. The lowest BCUT2D eigenvalue weighted by molar-refractivity contribution is 0.953. The second kappa shape index (κ2) is 15.4. The Kier molecular flexibility index (Phi) is 8.78. The molecule has 0 amide bonds. The average molecular weight is 842 g/mol. The van der Waals surface area contributed by atoms with Crippen LogP contribution in [0.25, 0.3) is 122 Å². The minimum absolute atomic E-state index is 0.550. The van der Waals surface area contributed by atoms with Crippen molar-refractivity contribution in [1.82, 2.24) is 24.1 Å². The van der Waals surface area contributed by atoms with Gasteiger partial charge in [0.25, 0.3) is 0 Å². The average Bonchev–Trinajstić information content (AvgIpc) is 3.92. The summed E-state index contributed by atoms with van der Waals surface area (Å²) in [5.41, 5.74) is 14.0. The fraction of sp³-hybridized carbons (Fsp3) is 0. The molecule has 0 unspecified atom stereocenters. The molecular weight excluding hydrogens is 803 g/mol. The van der Waals surface area contributed by atoms with Crippen molar-refractivity contribution in [1.29, 1.82) is 0 Å². The van der Waals surface area contributed by atoms with E-state index < -0.39 is 0 Å². The van der Waals surface area contributed by atoms with Gasteiger partial charge in [-0.1, -0.05) is 212 Å². The van der Waals surface area contributed by atoms with Gasteiger partial charge in [0.15, 0.2) is 11.6 Å². The van der Waals surface area contributed by atoms with Crippen LogP contribution in [0.3, 0.4) is 0 Å². The van der Waals surface area contributed by atoms with Crippen molar-refractivity contribution in [3.8, 4) is 67.8 Å². The second-order valence-electron chi connectivity index (χ2n) is 16.8. The SMILES string of the molecule is c1ccc(-c2ccc(-c3nc(-c4ccccc4)nc(-n4c5ccccc5c5ccc6c7ccccc7n(-c7cc(-c8ccccc8)ccc7-c7ccc8ccccc8c7)c6c54)n3)cc2)cc1. The number of para-hydroxylation sites is 2. The van der Waals surface area contributed by atoms with E-state index in [4.69, 9.17) is 15.0 Å². The predicted molar refractivity (Wildman–Crippen MR) is 273 cm³/mol. The molecule has 10 aromatic carbocycles. The van der Waals surface area contributed by atoms with Crippen LogP contribution >= 0.6 is 0 Å². The maximum absolute atomic E-state index is 5.42. The minimum Gasteiger partial charge on any atom is -0.307 e. The van der Waals surface area contributed by atoms with Crippen molar-refractivity contribution in [2.24, 2.45) is 0 Å². The highest BCUT2D eigenvalue weighted by molar-refractivity contribution is 6.24. The van der Waals surface area contributed by atoms with Crippen molar-refractivity contribution in [3.05, 3.63) is 237 Å². The van der Waals surface area contributed by atoms with Gasteiger partial charge in [-0.05, 0) is 62.9 Å². The highest BCUT2D eigenvalue weighted by atomic mass is 15.2. The summed E-state index contributed by atoms with van der Waals surface area (Å²) >= 11 is 0. The van der Waals surface area contributed by atoms with E-state index in [1.54, 1.807) is 0 Å². The monoisotopic (exact) mass is 841 g/mol. The zero-order chi connectivity index (χ0) is 43.6. The molecule has 3 aromatic heterocycles. The summed E-state index contributed by atoms with van der Waals surface area (Å²) in [4.78, 5) is 16.0. The molecule has 0 spiro atoms. The van der Waals surface area contributed by atoms with Gasteiger partial charge in [0, 0.05) is 38.2 Å². The molecule has 66 heavy (non-hydrogen) atoms. The summed E-state index contributed by atoms with van der Waals surface area (Å²) in [6.45, 7) is 0. The molecule has 5 heteroatoms. The standard InChI is InChI=1S/C61H39N5/c1-4-16-40(17-5-1)43-28-31-45(32-29-43)60-62-59(44-21-8-3-9-22-44)63-61(64-60)66-55-27-15-13-25-51(55)53-37-36-52-50-24-12-14-26-54(50)65(57(52)58(53)66)56-39-47(41-18-6-2-7-19-41)34-35-49(56)48-33-30-42-20-10-11-23-46(42)38-48/h1-39H. The van der Waals surface area contributed by atoms with E-state index in [-0.39, 0.29) is 0 Å². The molecular formula is C61H39N5.